The van der Waals surface area contributed by atoms with Crippen molar-refractivity contribution in [2.75, 3.05) is 0 Å². The monoisotopic (exact) mass is 484 g/mol. The maximum absolute atomic E-state index is 12.3. The number of ether oxygens (including phenoxy) is 2. The van der Waals surface area contributed by atoms with Crippen LogP contribution in [0, 0.1) is 16.2 Å². The van der Waals surface area contributed by atoms with E-state index in [0.29, 0.717) is 12.2 Å². The minimum absolute atomic E-state index is 0.0972. The van der Waals surface area contributed by atoms with E-state index < -0.39 is 16.9 Å². The Morgan fingerprint density at radius 2 is 1.37 bits per heavy atom. The third-order valence-electron chi connectivity index (χ3n) is 6.03. The van der Waals surface area contributed by atoms with Crippen LogP contribution in [0.4, 0.5) is 0 Å². The van der Waals surface area contributed by atoms with Gasteiger partial charge >= 0.3 is 5.97 Å². The lowest BCUT2D eigenvalue weighted by molar-refractivity contribution is -0.148. The van der Waals surface area contributed by atoms with Crippen LogP contribution < -0.4 is 0 Å². The minimum Gasteiger partial charge on any atom is -0.493 e. The van der Waals surface area contributed by atoms with E-state index in [0.717, 1.165) is 29.7 Å². The summed E-state index contributed by atoms with van der Waals surface area (Å²) in [5.74, 6) is 1.03. The molecule has 35 heavy (non-hydrogen) atoms. The van der Waals surface area contributed by atoms with Gasteiger partial charge in [-0.25, -0.2) is 0 Å². The topological polar surface area (TPSA) is 55.8 Å². The Bertz CT molecular complexity index is 913. The molecular weight excluding hydrogens is 436 g/mol. The zero-order chi connectivity index (χ0) is 27.2. The molecule has 1 saturated carbocycles. The lowest BCUT2D eigenvalue weighted by Crippen LogP contribution is -2.42. The summed E-state index contributed by atoms with van der Waals surface area (Å²) >= 11 is 0. The van der Waals surface area contributed by atoms with E-state index in [9.17, 15) is 9.90 Å². The zero-order valence-electron chi connectivity index (χ0n) is 23.7. The normalized spacial score (nSPS) is 24.6. The number of allylic oxidation sites excluding steroid dienone is 10. The van der Waals surface area contributed by atoms with Crippen LogP contribution in [0.5, 0.6) is 0 Å². The fourth-order valence-electron chi connectivity index (χ4n) is 4.79. The van der Waals surface area contributed by atoms with Crippen LogP contribution in [0.1, 0.15) is 88.5 Å². The van der Waals surface area contributed by atoms with Gasteiger partial charge in [0.1, 0.15) is 11.4 Å². The molecule has 0 aromatic rings. The molecule has 1 aliphatic rings. The summed E-state index contributed by atoms with van der Waals surface area (Å²) in [6.07, 6.45) is 13.1. The van der Waals surface area contributed by atoms with Gasteiger partial charge in [-0.1, -0.05) is 51.3 Å². The molecule has 2 unspecified atom stereocenters. The first kappa shape index (κ1) is 30.7. The van der Waals surface area contributed by atoms with Crippen molar-refractivity contribution in [3.63, 3.8) is 0 Å². The fourth-order valence-corrected chi connectivity index (χ4v) is 4.79. The van der Waals surface area contributed by atoms with Crippen molar-refractivity contribution in [3.8, 4) is 0 Å². The Morgan fingerprint density at radius 1 is 0.886 bits per heavy atom. The van der Waals surface area contributed by atoms with Gasteiger partial charge in [0.05, 0.1) is 17.3 Å². The molecule has 0 bridgehead atoms. The standard InChI is InChI=1S/C31H48O4/c1-13-24(17-15-22(3)34-27(33)28(5,6)7)31(20-26(32)19-30(11,12)21-31)25(14-2)18-16-23(4)35-29(8,9)10/h13-18,26,32H,1-2,19-21H2,3-12H3/b22-15+,23-16+,24-17+,25-18+. The SMILES string of the molecule is C=C/C(=C\C=C(/C)OC(=O)C(C)(C)C)C1(/C(C=C)=C/C=C(\C)OC(C)(C)C)CC(O)CC(C)(C)C1. The Labute approximate surface area is 214 Å². The van der Waals surface area contributed by atoms with E-state index in [1.807, 2.05) is 78.8 Å². The van der Waals surface area contributed by atoms with Crippen LogP contribution in [-0.4, -0.2) is 22.8 Å². The van der Waals surface area contributed by atoms with Crippen LogP contribution in [0.15, 0.2) is 72.3 Å². The van der Waals surface area contributed by atoms with Crippen molar-refractivity contribution in [2.24, 2.45) is 16.2 Å². The van der Waals surface area contributed by atoms with Gasteiger partial charge in [0.2, 0.25) is 0 Å². The van der Waals surface area contributed by atoms with Gasteiger partial charge in [-0.05, 0) is 103 Å². The van der Waals surface area contributed by atoms with Gasteiger partial charge in [0.25, 0.3) is 0 Å². The van der Waals surface area contributed by atoms with Crippen molar-refractivity contribution in [1.82, 2.24) is 0 Å². The first-order valence-corrected chi connectivity index (χ1v) is 12.5. The molecule has 1 aliphatic carbocycles. The Hall–Kier alpha value is -2.33. The summed E-state index contributed by atoms with van der Waals surface area (Å²) in [5.41, 5.74) is 0.461. The van der Waals surface area contributed by atoms with Gasteiger partial charge < -0.3 is 14.6 Å². The molecule has 1 fully saturated rings. The van der Waals surface area contributed by atoms with Gasteiger partial charge in [-0.2, -0.15) is 0 Å². The van der Waals surface area contributed by atoms with Gasteiger partial charge in [-0.3, -0.25) is 4.79 Å². The highest BCUT2D eigenvalue weighted by Crippen LogP contribution is 2.55. The van der Waals surface area contributed by atoms with Crippen molar-refractivity contribution >= 4 is 5.97 Å². The molecule has 4 nitrogen and oxygen atoms in total. The molecule has 0 saturated heterocycles. The number of hydrogen-bond acceptors (Lipinski definition) is 4. The second-order valence-electron chi connectivity index (χ2n) is 12.5. The number of esters is 1. The third kappa shape index (κ3) is 9.33. The molecule has 0 heterocycles. The summed E-state index contributed by atoms with van der Waals surface area (Å²) in [6.45, 7) is 27.8. The number of aliphatic hydroxyl groups excluding tert-OH is 1. The predicted molar refractivity (Wildman–Crippen MR) is 147 cm³/mol. The number of carbonyl (C=O) groups excluding carboxylic acids is 1. The van der Waals surface area contributed by atoms with Gasteiger partial charge in [-0.15, -0.1) is 0 Å². The van der Waals surface area contributed by atoms with Crippen molar-refractivity contribution in [1.29, 1.82) is 0 Å². The fraction of sp³-hybridized carbons (Fsp3) is 0.581. The molecule has 196 valence electrons. The largest absolute Gasteiger partial charge is 0.493 e. The molecular formula is C31H48O4. The summed E-state index contributed by atoms with van der Waals surface area (Å²) in [7, 11) is 0. The average molecular weight is 485 g/mol. The molecule has 0 amide bonds. The second-order valence-corrected chi connectivity index (χ2v) is 12.5. The maximum atomic E-state index is 12.3. The molecule has 0 aromatic heterocycles. The lowest BCUT2D eigenvalue weighted by Gasteiger charge is -2.49. The quantitative estimate of drug-likeness (QED) is 0.215. The van der Waals surface area contributed by atoms with E-state index in [1.54, 1.807) is 13.0 Å². The van der Waals surface area contributed by atoms with Crippen LogP contribution in [0.25, 0.3) is 0 Å². The van der Waals surface area contributed by atoms with Crippen molar-refractivity contribution < 1.29 is 19.4 Å². The molecule has 0 spiro atoms. The van der Waals surface area contributed by atoms with E-state index in [-0.39, 0.29) is 17.0 Å². The number of rotatable bonds is 8. The van der Waals surface area contributed by atoms with Crippen LogP contribution in [0.2, 0.25) is 0 Å². The summed E-state index contributed by atoms with van der Waals surface area (Å²) < 4.78 is 11.5. The minimum atomic E-state index is -0.586. The Kier molecular flexibility index (Phi) is 10.2. The van der Waals surface area contributed by atoms with Gasteiger partial charge in [0, 0.05) is 5.41 Å². The highest BCUT2D eigenvalue weighted by Gasteiger charge is 2.46. The van der Waals surface area contributed by atoms with Crippen molar-refractivity contribution in [2.45, 2.75) is 100 Å². The average Bonchev–Trinajstić information content (AvgIpc) is 2.64. The molecule has 1 N–H and O–H groups in total. The van der Waals surface area contributed by atoms with E-state index >= 15 is 0 Å². The van der Waals surface area contributed by atoms with E-state index in [2.05, 4.69) is 27.0 Å². The smallest absolute Gasteiger partial charge is 0.316 e. The first-order chi connectivity index (χ1) is 15.8. The molecule has 2 atom stereocenters. The van der Waals surface area contributed by atoms with Crippen molar-refractivity contribution in [3.05, 3.63) is 72.3 Å². The number of aliphatic hydroxyl groups is 1. The number of hydrogen-bond donors (Lipinski definition) is 1. The molecule has 0 radical (unpaired) electrons. The maximum Gasteiger partial charge on any atom is 0.316 e. The zero-order valence-corrected chi connectivity index (χ0v) is 23.7. The predicted octanol–water partition coefficient (Wildman–Crippen LogP) is 7.98. The van der Waals surface area contributed by atoms with Crippen LogP contribution in [-0.2, 0) is 14.3 Å². The second kappa shape index (κ2) is 11.6. The summed E-state index contributed by atoms with van der Waals surface area (Å²) in [6, 6.07) is 0. The lowest BCUT2D eigenvalue weighted by atomic mass is 9.56. The Morgan fingerprint density at radius 3 is 1.77 bits per heavy atom. The van der Waals surface area contributed by atoms with Gasteiger partial charge in [0.15, 0.2) is 0 Å². The highest BCUT2D eigenvalue weighted by atomic mass is 16.5. The Balaban J connectivity index is 3.61. The van der Waals surface area contributed by atoms with E-state index in [4.69, 9.17) is 9.47 Å². The number of carbonyl (C=O) groups is 1. The molecule has 0 aliphatic heterocycles. The third-order valence-corrected chi connectivity index (χ3v) is 6.03. The van der Waals surface area contributed by atoms with E-state index in [1.165, 1.54) is 0 Å². The molecule has 0 aromatic carbocycles. The summed E-state index contributed by atoms with van der Waals surface area (Å²) in [5, 5.41) is 10.9. The van der Waals surface area contributed by atoms with Crippen LogP contribution >= 0.6 is 0 Å². The first-order valence-electron chi connectivity index (χ1n) is 12.5. The van der Waals surface area contributed by atoms with Crippen LogP contribution in [0.3, 0.4) is 0 Å². The highest BCUT2D eigenvalue weighted by molar-refractivity contribution is 5.76. The molecule has 4 heteroatoms. The summed E-state index contributed by atoms with van der Waals surface area (Å²) in [4.78, 5) is 12.3. The molecule has 1 rings (SSSR count).